The molecule has 5 nitrogen and oxygen atoms in total. The molecule has 0 rings (SSSR count). The maximum absolute atomic E-state index is 9.74. The van der Waals surface area contributed by atoms with E-state index in [1.807, 2.05) is 0 Å². The molecule has 0 spiro atoms. The molecule has 0 amide bonds. The molecule has 0 unspecified atom stereocenters. The Hall–Kier alpha value is -1.09. The number of carboxylic acid groups (broad SMARTS) is 1. The molecule has 0 atom stereocenters. The van der Waals surface area contributed by atoms with Crippen LogP contribution < -0.4 is 0 Å². The highest BCUT2D eigenvalue weighted by atomic mass is 32.2. The van der Waals surface area contributed by atoms with Gasteiger partial charge < -0.3 is 5.11 Å². The average molecular weight is 135 g/mol. The lowest BCUT2D eigenvalue weighted by atomic mass is 11.6. The third-order valence-electron chi connectivity index (χ3n) is 0.350. The fraction of sp³-hybridized carbons (Fsp3) is 0. The van der Waals surface area contributed by atoms with Crippen molar-refractivity contribution in [3.63, 3.8) is 0 Å². The highest BCUT2D eigenvalue weighted by Crippen LogP contribution is 1.84. The van der Waals surface area contributed by atoms with Gasteiger partial charge in [0.1, 0.15) is 0 Å². The molecule has 0 fully saturated rings. The lowest BCUT2D eigenvalue weighted by Gasteiger charge is -1.77. The summed E-state index contributed by atoms with van der Waals surface area (Å²) in [6.45, 7) is 0. The van der Waals surface area contributed by atoms with Crippen LogP contribution in [0.25, 0.3) is 0 Å². The first kappa shape index (κ1) is 6.91. The van der Waals surface area contributed by atoms with Crippen LogP contribution in [0.1, 0.15) is 0 Å². The van der Waals surface area contributed by atoms with Crippen molar-refractivity contribution in [2.24, 2.45) is 0 Å². The molecule has 44 valence electrons. The molecule has 0 aliphatic rings. The van der Waals surface area contributed by atoms with Crippen molar-refractivity contribution >= 4 is 15.1 Å². The third-order valence-corrected chi connectivity index (χ3v) is 1.05. The Morgan fingerprint density at radius 3 is 2.00 bits per heavy atom. The lowest BCUT2D eigenvalue weighted by molar-refractivity contribution is 0.219. The summed E-state index contributed by atoms with van der Waals surface area (Å²) < 4.78 is 19.5. The van der Waals surface area contributed by atoms with Crippen molar-refractivity contribution < 1.29 is 18.3 Å². The summed E-state index contributed by atoms with van der Waals surface area (Å²) >= 11 is 0. The largest absolute Gasteiger partial charge is 0.469 e. The molecule has 0 aliphatic heterocycles. The van der Waals surface area contributed by atoms with Gasteiger partial charge in [-0.2, -0.15) is 5.26 Å². The topological polar surface area (TPSA) is 95.2 Å². The summed E-state index contributed by atoms with van der Waals surface area (Å²) in [6, 6.07) is 0. The zero-order valence-corrected chi connectivity index (χ0v) is 4.34. The number of nitriles is 1. The standard InChI is InChI=1S/C2HNO4S/c3-1-8(6,7)2(4)5/h(H,4,5). The Balaban J connectivity index is 4.78. The van der Waals surface area contributed by atoms with E-state index in [4.69, 9.17) is 10.4 Å². The molecule has 0 saturated heterocycles. The van der Waals surface area contributed by atoms with Crippen molar-refractivity contribution in [3.8, 4) is 5.40 Å². The van der Waals surface area contributed by atoms with Crippen molar-refractivity contribution in [2.75, 3.05) is 0 Å². The fourth-order valence-corrected chi connectivity index (χ4v) is 0.117. The highest BCUT2D eigenvalue weighted by Gasteiger charge is 2.18. The SMILES string of the molecule is N#CS(=O)(=O)C(=O)O. The van der Waals surface area contributed by atoms with Crippen LogP contribution in [0.2, 0.25) is 0 Å². The van der Waals surface area contributed by atoms with Gasteiger partial charge in [0.05, 0.1) is 0 Å². The summed E-state index contributed by atoms with van der Waals surface area (Å²) in [5.74, 6) is 0. The van der Waals surface area contributed by atoms with E-state index in [-0.39, 0.29) is 0 Å². The Morgan fingerprint density at radius 1 is 1.62 bits per heavy atom. The Kier molecular flexibility index (Phi) is 1.55. The molecular formula is C2HNO4S. The van der Waals surface area contributed by atoms with Gasteiger partial charge in [-0.15, -0.1) is 0 Å². The minimum absolute atomic E-state index is 0.613. The monoisotopic (exact) mass is 135 g/mol. The smallest absolute Gasteiger partial charge is 0.436 e. The first-order valence-corrected chi connectivity index (χ1v) is 2.88. The van der Waals surface area contributed by atoms with Gasteiger partial charge in [-0.25, -0.2) is 13.2 Å². The van der Waals surface area contributed by atoms with Gasteiger partial charge in [-0.05, 0) is 0 Å². The van der Waals surface area contributed by atoms with Crippen LogP contribution in [0.5, 0.6) is 0 Å². The molecule has 6 heteroatoms. The molecule has 0 aliphatic carbocycles. The van der Waals surface area contributed by atoms with Crippen molar-refractivity contribution in [1.82, 2.24) is 0 Å². The quantitative estimate of drug-likeness (QED) is 0.359. The number of carbonyl (C=O) groups is 1. The number of nitrogens with zero attached hydrogens (tertiary/aromatic N) is 1. The van der Waals surface area contributed by atoms with Gasteiger partial charge in [0.2, 0.25) is 5.40 Å². The van der Waals surface area contributed by atoms with E-state index in [0.717, 1.165) is 0 Å². The molecular weight excluding hydrogens is 134 g/mol. The molecule has 0 radical (unpaired) electrons. The zero-order chi connectivity index (χ0) is 6.78. The third kappa shape index (κ3) is 1.20. The second-order valence-corrected chi connectivity index (χ2v) is 2.40. The van der Waals surface area contributed by atoms with E-state index in [2.05, 4.69) is 0 Å². The van der Waals surface area contributed by atoms with Crippen molar-refractivity contribution in [3.05, 3.63) is 0 Å². The maximum atomic E-state index is 9.74. The summed E-state index contributed by atoms with van der Waals surface area (Å²) in [5, 5.41) is 13.7. The van der Waals surface area contributed by atoms with Crippen LogP contribution in [0.4, 0.5) is 4.79 Å². The number of sulfone groups is 1. The molecule has 8 heavy (non-hydrogen) atoms. The van der Waals surface area contributed by atoms with Gasteiger partial charge in [-0.1, -0.05) is 0 Å². The van der Waals surface area contributed by atoms with Crippen LogP contribution in [0.15, 0.2) is 0 Å². The molecule has 0 aromatic carbocycles. The molecule has 1 N–H and O–H groups in total. The summed E-state index contributed by atoms with van der Waals surface area (Å²) in [4.78, 5) is 9.44. The minimum Gasteiger partial charge on any atom is -0.469 e. The highest BCUT2D eigenvalue weighted by molar-refractivity contribution is 8.09. The van der Waals surface area contributed by atoms with Gasteiger partial charge in [-0.3, -0.25) is 0 Å². The van der Waals surface area contributed by atoms with Crippen molar-refractivity contribution in [1.29, 1.82) is 5.26 Å². The minimum atomic E-state index is -4.51. The van der Waals surface area contributed by atoms with Gasteiger partial charge in [0.25, 0.3) is 0 Å². The predicted octanol–water partition coefficient (Wildman–Crippen LogP) is -0.440. The number of rotatable bonds is 0. The van der Waals surface area contributed by atoms with E-state index in [0.29, 0.717) is 5.40 Å². The molecule has 0 heterocycles. The van der Waals surface area contributed by atoms with Crippen molar-refractivity contribution in [2.45, 2.75) is 0 Å². The fourth-order valence-electron chi connectivity index (χ4n) is 0.0390. The zero-order valence-electron chi connectivity index (χ0n) is 3.53. The average Bonchev–Trinajstić information content (AvgIpc) is 1.67. The first-order valence-electron chi connectivity index (χ1n) is 1.39. The van der Waals surface area contributed by atoms with E-state index in [1.165, 1.54) is 0 Å². The van der Waals surface area contributed by atoms with Gasteiger partial charge >= 0.3 is 15.1 Å². The van der Waals surface area contributed by atoms with Crippen LogP contribution >= 0.6 is 0 Å². The number of hydrogen-bond donors (Lipinski definition) is 1. The van der Waals surface area contributed by atoms with E-state index in [1.54, 1.807) is 0 Å². The Bertz CT molecular complexity index is 231. The second kappa shape index (κ2) is 1.79. The molecule has 0 bridgehead atoms. The summed E-state index contributed by atoms with van der Waals surface area (Å²) in [7, 11) is -4.51. The molecule has 0 saturated carbocycles. The maximum Gasteiger partial charge on any atom is 0.436 e. The first-order chi connectivity index (χ1) is 3.50. The van der Waals surface area contributed by atoms with E-state index < -0.39 is 15.1 Å². The Morgan fingerprint density at radius 2 is 2.00 bits per heavy atom. The van der Waals surface area contributed by atoms with E-state index >= 15 is 0 Å². The van der Waals surface area contributed by atoms with Crippen LogP contribution in [0, 0.1) is 10.7 Å². The number of hydrogen-bond acceptors (Lipinski definition) is 4. The molecule has 0 aromatic rings. The normalized spacial score (nSPS) is 9.88. The van der Waals surface area contributed by atoms with Crippen LogP contribution in [0.3, 0.4) is 0 Å². The van der Waals surface area contributed by atoms with Crippen LogP contribution in [-0.2, 0) is 9.84 Å². The summed E-state index contributed by atoms with van der Waals surface area (Å²) in [5.41, 5.74) is 0. The summed E-state index contributed by atoms with van der Waals surface area (Å²) in [6.07, 6.45) is 0. The Labute approximate surface area is 45.1 Å². The number of thiocyanates is 1. The predicted molar refractivity (Wildman–Crippen MR) is 22.6 cm³/mol. The molecule has 0 aromatic heterocycles. The van der Waals surface area contributed by atoms with Gasteiger partial charge in [0, 0.05) is 0 Å². The lowest BCUT2D eigenvalue weighted by Crippen LogP contribution is -2.07. The van der Waals surface area contributed by atoms with Gasteiger partial charge in [0.15, 0.2) is 0 Å². The van der Waals surface area contributed by atoms with Crippen LogP contribution in [-0.4, -0.2) is 18.8 Å². The second-order valence-electron chi connectivity index (χ2n) is 0.861. The van der Waals surface area contributed by atoms with E-state index in [9.17, 15) is 13.2 Å².